The predicted octanol–water partition coefficient (Wildman–Crippen LogP) is 2.70. The fourth-order valence-electron chi connectivity index (χ4n) is 3.71. The number of amides is 2. The monoisotopic (exact) mass is 338 g/mol. The molecule has 2 amide bonds. The van der Waals surface area contributed by atoms with Crippen LogP contribution in [0.1, 0.15) is 37.3 Å². The highest BCUT2D eigenvalue weighted by Crippen LogP contribution is 2.37. The third-order valence-electron chi connectivity index (χ3n) is 5.12. The van der Waals surface area contributed by atoms with E-state index in [0.29, 0.717) is 26.0 Å². The molecule has 5 heteroatoms. The molecule has 25 heavy (non-hydrogen) atoms. The molecule has 2 aliphatic rings. The van der Waals surface area contributed by atoms with Crippen LogP contribution in [0.2, 0.25) is 0 Å². The summed E-state index contributed by atoms with van der Waals surface area (Å²) < 4.78 is 6.02. The highest BCUT2D eigenvalue weighted by atomic mass is 16.5. The Balaban J connectivity index is 1.60. The van der Waals surface area contributed by atoms with Gasteiger partial charge in [-0.25, -0.2) is 0 Å². The second kappa shape index (κ2) is 6.75. The molecule has 0 radical (unpaired) electrons. The van der Waals surface area contributed by atoms with Gasteiger partial charge in [0.05, 0.1) is 18.6 Å². The minimum absolute atomic E-state index is 0.0195. The molecule has 0 unspecified atom stereocenters. The lowest BCUT2D eigenvalue weighted by atomic mass is 9.95. The van der Waals surface area contributed by atoms with Crippen LogP contribution in [0, 0.1) is 5.92 Å². The summed E-state index contributed by atoms with van der Waals surface area (Å²) in [5.74, 6) is 0.790. The van der Waals surface area contributed by atoms with E-state index in [1.807, 2.05) is 12.1 Å². The molecule has 2 heterocycles. The topological polar surface area (TPSA) is 67.4 Å². The van der Waals surface area contributed by atoms with E-state index in [1.54, 1.807) is 0 Å². The lowest BCUT2D eigenvalue weighted by Crippen LogP contribution is -2.43. The van der Waals surface area contributed by atoms with Crippen molar-refractivity contribution in [1.29, 1.82) is 0 Å². The fourth-order valence-corrected chi connectivity index (χ4v) is 3.71. The van der Waals surface area contributed by atoms with Crippen molar-refractivity contribution in [2.45, 2.75) is 31.7 Å². The van der Waals surface area contributed by atoms with Crippen LogP contribution in [0.15, 0.2) is 36.4 Å². The summed E-state index contributed by atoms with van der Waals surface area (Å²) in [7, 11) is 0. The normalized spacial score (nSPS) is 23.1. The third-order valence-corrected chi connectivity index (χ3v) is 5.12. The molecule has 5 nitrogen and oxygen atoms in total. The Morgan fingerprint density at radius 3 is 2.88 bits per heavy atom. The molecule has 2 N–H and O–H groups in total. The van der Waals surface area contributed by atoms with Crippen LogP contribution >= 0.6 is 0 Å². The smallest absolute Gasteiger partial charge is 0.225 e. The zero-order chi connectivity index (χ0) is 17.2. The maximum Gasteiger partial charge on any atom is 0.225 e. The molecule has 0 aliphatic carbocycles. The lowest BCUT2D eigenvalue weighted by Gasteiger charge is -2.25. The van der Waals surface area contributed by atoms with Gasteiger partial charge in [-0.3, -0.25) is 9.59 Å². The fraction of sp³-hybridized carbons (Fsp3) is 0.400. The van der Waals surface area contributed by atoms with Gasteiger partial charge in [-0.15, -0.1) is 0 Å². The minimum atomic E-state index is -0.147. The van der Waals surface area contributed by atoms with E-state index in [-0.39, 0.29) is 23.8 Å². The average molecular weight is 338 g/mol. The molecule has 2 aliphatic heterocycles. The maximum atomic E-state index is 12.7. The van der Waals surface area contributed by atoms with Gasteiger partial charge in [0.25, 0.3) is 0 Å². The van der Waals surface area contributed by atoms with Gasteiger partial charge in [0.2, 0.25) is 11.8 Å². The molecule has 0 bridgehead atoms. The quantitative estimate of drug-likeness (QED) is 0.885. The van der Waals surface area contributed by atoms with Crippen LogP contribution in [0.3, 0.4) is 0 Å². The number of piperidine rings is 1. The first-order chi connectivity index (χ1) is 12.2. The molecule has 0 saturated carbocycles. The standard InChI is InChI=1S/C20H22N2O3/c23-18-10-8-14(12-21-18)20(24)22-17-6-3-11-25-19-15-5-2-1-4-13(15)7-9-16(17)19/h1-2,4-5,7,9,14,17H,3,6,8,10-12H2,(H,21,23)(H,22,24)/t14-,17+/m1/s1. The van der Waals surface area contributed by atoms with Gasteiger partial charge in [-0.05, 0) is 24.6 Å². The summed E-state index contributed by atoms with van der Waals surface area (Å²) in [5.41, 5.74) is 1.05. The highest BCUT2D eigenvalue weighted by Gasteiger charge is 2.28. The van der Waals surface area contributed by atoms with Crippen molar-refractivity contribution in [3.63, 3.8) is 0 Å². The molecular formula is C20H22N2O3. The predicted molar refractivity (Wildman–Crippen MR) is 95.3 cm³/mol. The highest BCUT2D eigenvalue weighted by molar-refractivity contribution is 5.90. The number of hydrogen-bond donors (Lipinski definition) is 2. The van der Waals surface area contributed by atoms with Crippen molar-refractivity contribution in [3.8, 4) is 5.75 Å². The first-order valence-corrected chi connectivity index (χ1v) is 8.94. The van der Waals surface area contributed by atoms with Gasteiger partial charge >= 0.3 is 0 Å². The van der Waals surface area contributed by atoms with E-state index in [0.717, 1.165) is 34.9 Å². The van der Waals surface area contributed by atoms with Crippen LogP contribution in [-0.4, -0.2) is 25.0 Å². The van der Waals surface area contributed by atoms with E-state index >= 15 is 0 Å². The second-order valence-corrected chi connectivity index (χ2v) is 6.80. The van der Waals surface area contributed by atoms with Crippen LogP contribution in [-0.2, 0) is 9.59 Å². The summed E-state index contributed by atoms with van der Waals surface area (Å²) in [6.07, 6.45) is 2.80. The van der Waals surface area contributed by atoms with Crippen molar-refractivity contribution in [3.05, 3.63) is 42.0 Å². The average Bonchev–Trinajstić information content (AvgIpc) is 2.85. The molecule has 130 valence electrons. The van der Waals surface area contributed by atoms with Crippen LogP contribution < -0.4 is 15.4 Å². The zero-order valence-corrected chi connectivity index (χ0v) is 14.1. The Kier molecular flexibility index (Phi) is 4.30. The molecule has 2 aromatic carbocycles. The lowest BCUT2D eigenvalue weighted by molar-refractivity contribution is -0.129. The third kappa shape index (κ3) is 3.18. The van der Waals surface area contributed by atoms with Gasteiger partial charge in [0, 0.05) is 23.9 Å². The number of rotatable bonds is 2. The number of carbonyl (C=O) groups is 2. The van der Waals surface area contributed by atoms with Gasteiger partial charge in [0.15, 0.2) is 0 Å². The second-order valence-electron chi connectivity index (χ2n) is 6.80. The van der Waals surface area contributed by atoms with E-state index < -0.39 is 0 Å². The van der Waals surface area contributed by atoms with Gasteiger partial charge in [-0.1, -0.05) is 36.4 Å². The maximum absolute atomic E-state index is 12.7. The Morgan fingerprint density at radius 2 is 2.04 bits per heavy atom. The van der Waals surface area contributed by atoms with Gasteiger partial charge in [0.1, 0.15) is 5.75 Å². The summed E-state index contributed by atoms with van der Waals surface area (Å²) >= 11 is 0. The van der Waals surface area contributed by atoms with Crippen molar-refractivity contribution in [2.24, 2.45) is 5.92 Å². The summed E-state index contributed by atoms with van der Waals surface area (Å²) in [6.45, 7) is 1.09. The summed E-state index contributed by atoms with van der Waals surface area (Å²) in [4.78, 5) is 24.0. The van der Waals surface area contributed by atoms with E-state index in [9.17, 15) is 9.59 Å². The van der Waals surface area contributed by atoms with E-state index in [1.165, 1.54) is 0 Å². The number of benzene rings is 2. The molecule has 2 aromatic rings. The van der Waals surface area contributed by atoms with Crippen molar-refractivity contribution in [1.82, 2.24) is 10.6 Å². The van der Waals surface area contributed by atoms with Crippen molar-refractivity contribution >= 4 is 22.6 Å². The van der Waals surface area contributed by atoms with Crippen molar-refractivity contribution < 1.29 is 14.3 Å². The molecule has 2 atom stereocenters. The molecule has 1 saturated heterocycles. The Labute approximate surface area is 146 Å². The summed E-state index contributed by atoms with van der Waals surface area (Å²) in [5, 5.41) is 8.21. The van der Waals surface area contributed by atoms with Crippen LogP contribution in [0.5, 0.6) is 5.75 Å². The Hall–Kier alpha value is -2.56. The molecular weight excluding hydrogens is 316 g/mol. The molecule has 0 spiro atoms. The number of fused-ring (bicyclic) bond motifs is 3. The van der Waals surface area contributed by atoms with Crippen molar-refractivity contribution in [2.75, 3.05) is 13.2 Å². The largest absolute Gasteiger partial charge is 0.493 e. The first kappa shape index (κ1) is 15.9. The first-order valence-electron chi connectivity index (χ1n) is 8.94. The number of hydrogen-bond acceptors (Lipinski definition) is 3. The summed E-state index contributed by atoms with van der Waals surface area (Å²) in [6, 6.07) is 12.3. The van der Waals surface area contributed by atoms with E-state index in [2.05, 4.69) is 34.9 Å². The van der Waals surface area contributed by atoms with Crippen LogP contribution in [0.4, 0.5) is 0 Å². The Bertz CT molecular complexity index is 808. The van der Waals surface area contributed by atoms with E-state index in [4.69, 9.17) is 4.74 Å². The molecule has 4 rings (SSSR count). The zero-order valence-electron chi connectivity index (χ0n) is 14.1. The molecule has 1 fully saturated rings. The van der Waals surface area contributed by atoms with Gasteiger partial charge < -0.3 is 15.4 Å². The minimum Gasteiger partial charge on any atom is -0.493 e. The van der Waals surface area contributed by atoms with Gasteiger partial charge in [-0.2, -0.15) is 0 Å². The Morgan fingerprint density at radius 1 is 1.16 bits per heavy atom. The number of nitrogens with one attached hydrogen (secondary N) is 2. The molecule has 0 aromatic heterocycles. The number of ether oxygens (including phenoxy) is 1. The van der Waals surface area contributed by atoms with Crippen LogP contribution in [0.25, 0.3) is 10.8 Å². The number of carbonyl (C=O) groups excluding carboxylic acids is 2. The SMILES string of the molecule is O=C1CC[C@@H](C(=O)N[C@H]2CCCOc3c2ccc2ccccc32)CN1.